The fourth-order valence-electron chi connectivity index (χ4n) is 5.33. The number of rotatable bonds is 10. The van der Waals surface area contributed by atoms with Gasteiger partial charge in [-0.1, -0.05) is 0 Å². The summed E-state index contributed by atoms with van der Waals surface area (Å²) >= 11 is 0. The maximum atomic E-state index is 14.7. The summed E-state index contributed by atoms with van der Waals surface area (Å²) in [5.74, 6) is -0.284. The maximum Gasteiger partial charge on any atom is 0.387 e. The molecule has 9 nitrogen and oxygen atoms in total. The van der Waals surface area contributed by atoms with Crippen molar-refractivity contribution in [1.29, 1.82) is 0 Å². The van der Waals surface area contributed by atoms with Crippen LogP contribution in [0.1, 0.15) is 40.5 Å². The lowest BCUT2D eigenvalue weighted by molar-refractivity contribution is -0.0516. The normalized spacial score (nSPS) is 20.1. The van der Waals surface area contributed by atoms with Crippen molar-refractivity contribution < 1.29 is 27.4 Å². The minimum Gasteiger partial charge on any atom is -0.488 e. The van der Waals surface area contributed by atoms with Crippen LogP contribution >= 0.6 is 0 Å². The van der Waals surface area contributed by atoms with E-state index < -0.39 is 12.4 Å². The number of morpholine rings is 1. The molecule has 0 radical (unpaired) electrons. The number of halogens is 3. The van der Waals surface area contributed by atoms with Crippen molar-refractivity contribution in [2.45, 2.75) is 64.3 Å². The number of hydrogen-bond acceptors (Lipinski definition) is 9. The Morgan fingerprint density at radius 3 is 2.46 bits per heavy atom. The molecule has 2 N–H and O–H groups in total. The highest BCUT2D eigenvalue weighted by Crippen LogP contribution is 2.38. The van der Waals surface area contributed by atoms with Crippen molar-refractivity contribution >= 4 is 17.5 Å². The van der Waals surface area contributed by atoms with Crippen molar-refractivity contribution in [3.05, 3.63) is 30.2 Å². The summed E-state index contributed by atoms with van der Waals surface area (Å²) in [5, 5.41) is 6.21. The summed E-state index contributed by atoms with van der Waals surface area (Å²) in [4.78, 5) is 12.9. The van der Waals surface area contributed by atoms with E-state index in [9.17, 15) is 13.2 Å². The van der Waals surface area contributed by atoms with E-state index in [0.717, 1.165) is 32.1 Å². The van der Waals surface area contributed by atoms with Gasteiger partial charge in [0.05, 0.1) is 19.4 Å². The molecule has 1 aromatic carbocycles. The summed E-state index contributed by atoms with van der Waals surface area (Å²) < 4.78 is 56.7. The van der Waals surface area contributed by atoms with Gasteiger partial charge in [0.1, 0.15) is 6.61 Å². The topological polar surface area (TPSA) is 84.0 Å². The minimum absolute atomic E-state index is 0.00314. The van der Waals surface area contributed by atoms with Gasteiger partial charge in [-0.3, -0.25) is 9.80 Å². The number of benzene rings is 1. The molecular weight excluding hydrogens is 513 g/mol. The molecular formula is C27H39F3N6O3. The highest BCUT2D eigenvalue weighted by atomic mass is 19.3. The van der Waals surface area contributed by atoms with E-state index in [4.69, 9.17) is 14.2 Å². The molecule has 0 bridgehead atoms. The SMILES string of the molecule is CN1C(C)(C)CC(Nc2nc(Nc3ccc(OCCN4CCOCC4)c(OC(F)F)c3)ncc2F)CC1(C)C. The van der Waals surface area contributed by atoms with Crippen LogP contribution in [0.25, 0.3) is 0 Å². The molecule has 2 fully saturated rings. The lowest BCUT2D eigenvalue weighted by Crippen LogP contribution is -2.61. The number of hydrogen-bond donors (Lipinski definition) is 2. The Morgan fingerprint density at radius 1 is 1.10 bits per heavy atom. The lowest BCUT2D eigenvalue weighted by Gasteiger charge is -2.53. The second-order valence-electron chi connectivity index (χ2n) is 11.3. The van der Waals surface area contributed by atoms with E-state index in [1.165, 1.54) is 6.07 Å². The van der Waals surface area contributed by atoms with Crippen LogP contribution in [-0.2, 0) is 4.74 Å². The largest absolute Gasteiger partial charge is 0.488 e. The van der Waals surface area contributed by atoms with Gasteiger partial charge in [-0.2, -0.15) is 13.8 Å². The first kappa shape index (κ1) is 29.2. The summed E-state index contributed by atoms with van der Waals surface area (Å²) in [6.45, 7) is 9.53. The number of nitrogens with one attached hydrogen (secondary N) is 2. The molecule has 39 heavy (non-hydrogen) atoms. The van der Waals surface area contributed by atoms with E-state index in [2.05, 4.69) is 65.1 Å². The van der Waals surface area contributed by atoms with Gasteiger partial charge < -0.3 is 24.8 Å². The lowest BCUT2D eigenvalue weighted by atomic mass is 9.77. The van der Waals surface area contributed by atoms with Crippen LogP contribution in [0.5, 0.6) is 11.5 Å². The third kappa shape index (κ3) is 7.64. The molecule has 216 valence electrons. The van der Waals surface area contributed by atoms with Gasteiger partial charge in [-0.05, 0) is 59.7 Å². The van der Waals surface area contributed by atoms with Crippen LogP contribution in [0.3, 0.4) is 0 Å². The molecule has 2 aromatic rings. The summed E-state index contributed by atoms with van der Waals surface area (Å²) in [6.07, 6.45) is 2.70. The molecule has 0 unspecified atom stereocenters. The van der Waals surface area contributed by atoms with Crippen molar-refractivity contribution in [2.75, 3.05) is 57.1 Å². The van der Waals surface area contributed by atoms with Crippen molar-refractivity contribution in [1.82, 2.24) is 19.8 Å². The predicted octanol–water partition coefficient (Wildman–Crippen LogP) is 4.74. The summed E-state index contributed by atoms with van der Waals surface area (Å²) in [6, 6.07) is 4.58. The monoisotopic (exact) mass is 552 g/mol. The summed E-state index contributed by atoms with van der Waals surface area (Å²) in [5.41, 5.74) is 0.221. The second-order valence-corrected chi connectivity index (χ2v) is 11.3. The maximum absolute atomic E-state index is 14.7. The molecule has 0 atom stereocenters. The van der Waals surface area contributed by atoms with Gasteiger partial charge in [0.15, 0.2) is 23.1 Å². The van der Waals surface area contributed by atoms with Crippen molar-refractivity contribution in [3.63, 3.8) is 0 Å². The van der Waals surface area contributed by atoms with Gasteiger partial charge in [0, 0.05) is 48.5 Å². The van der Waals surface area contributed by atoms with Gasteiger partial charge in [-0.25, -0.2) is 9.37 Å². The molecule has 12 heteroatoms. The third-order valence-corrected chi connectivity index (χ3v) is 7.58. The van der Waals surface area contributed by atoms with Gasteiger partial charge >= 0.3 is 6.61 Å². The Labute approximate surface area is 228 Å². The fourth-order valence-corrected chi connectivity index (χ4v) is 5.33. The highest BCUT2D eigenvalue weighted by Gasteiger charge is 2.43. The van der Waals surface area contributed by atoms with E-state index >= 15 is 0 Å². The Hall–Kier alpha value is -2.83. The van der Waals surface area contributed by atoms with E-state index in [-0.39, 0.29) is 40.4 Å². The van der Waals surface area contributed by atoms with E-state index in [1.807, 2.05) is 0 Å². The van der Waals surface area contributed by atoms with E-state index in [0.29, 0.717) is 32.1 Å². The molecule has 2 aliphatic rings. The molecule has 4 rings (SSSR count). The molecule has 2 saturated heterocycles. The van der Waals surface area contributed by atoms with Gasteiger partial charge in [-0.15, -0.1) is 0 Å². The van der Waals surface area contributed by atoms with Crippen LogP contribution in [0.4, 0.5) is 30.6 Å². The molecule has 0 spiro atoms. The zero-order valence-electron chi connectivity index (χ0n) is 23.3. The van der Waals surface area contributed by atoms with Crippen LogP contribution in [0.2, 0.25) is 0 Å². The third-order valence-electron chi connectivity index (χ3n) is 7.58. The standard InChI is InChI=1S/C27H39F3N6O3/c1-26(2)15-19(16-27(3,4)35(26)5)32-23-20(28)17-31-25(34-23)33-18-6-7-21(22(14-18)39-24(29)30)38-13-10-36-8-11-37-12-9-36/h6-7,14,17,19,24H,8-13,15-16H2,1-5H3,(H2,31,32,33,34). The molecule has 1 aromatic heterocycles. The molecule has 3 heterocycles. The summed E-state index contributed by atoms with van der Waals surface area (Å²) in [7, 11) is 2.11. The van der Waals surface area contributed by atoms with Gasteiger partial charge in [0.25, 0.3) is 0 Å². The molecule has 0 saturated carbocycles. The number of likely N-dealkylation sites (tertiary alicyclic amines) is 1. The minimum atomic E-state index is -3.03. The Kier molecular flexibility index (Phi) is 9.07. The second kappa shape index (κ2) is 12.1. The first-order chi connectivity index (χ1) is 18.4. The smallest absolute Gasteiger partial charge is 0.387 e. The average Bonchev–Trinajstić information content (AvgIpc) is 2.86. The highest BCUT2D eigenvalue weighted by molar-refractivity contribution is 5.60. The number of ether oxygens (including phenoxy) is 3. The number of piperidine rings is 1. The Morgan fingerprint density at radius 2 is 1.79 bits per heavy atom. The fraction of sp³-hybridized carbons (Fsp3) is 0.630. The van der Waals surface area contributed by atoms with Crippen molar-refractivity contribution in [3.8, 4) is 11.5 Å². The molecule has 0 amide bonds. The van der Waals surface area contributed by atoms with Crippen LogP contribution in [-0.4, -0.2) is 90.0 Å². The van der Waals surface area contributed by atoms with E-state index in [1.54, 1.807) is 12.1 Å². The first-order valence-corrected chi connectivity index (χ1v) is 13.2. The Bertz CT molecular complexity index is 1100. The predicted molar refractivity (Wildman–Crippen MR) is 144 cm³/mol. The number of alkyl halides is 2. The zero-order valence-corrected chi connectivity index (χ0v) is 23.3. The first-order valence-electron chi connectivity index (χ1n) is 13.2. The molecule has 2 aliphatic heterocycles. The van der Waals surface area contributed by atoms with Gasteiger partial charge in [0.2, 0.25) is 5.95 Å². The molecule has 0 aliphatic carbocycles. The van der Waals surface area contributed by atoms with Crippen molar-refractivity contribution in [2.24, 2.45) is 0 Å². The number of anilines is 3. The number of nitrogens with zero attached hydrogens (tertiary/aromatic N) is 4. The van der Waals surface area contributed by atoms with Crippen LogP contribution in [0, 0.1) is 5.82 Å². The number of aromatic nitrogens is 2. The average molecular weight is 553 g/mol. The van der Waals surface area contributed by atoms with Crippen LogP contribution < -0.4 is 20.1 Å². The Balaban J connectivity index is 1.44. The van der Waals surface area contributed by atoms with Crippen LogP contribution in [0.15, 0.2) is 24.4 Å². The quantitative estimate of drug-likeness (QED) is 0.434. The zero-order chi connectivity index (χ0) is 28.2.